The number of nitrogens with zero attached hydrogens (tertiary/aromatic N) is 1. The Bertz CT molecular complexity index is 366. The van der Waals surface area contributed by atoms with E-state index in [0.717, 1.165) is 31.4 Å². The van der Waals surface area contributed by atoms with Gasteiger partial charge in [-0.2, -0.15) is 0 Å². The monoisotopic (exact) mass is 266 g/mol. The van der Waals surface area contributed by atoms with Crippen molar-refractivity contribution in [3.8, 4) is 0 Å². The molecule has 1 aliphatic carbocycles. The lowest BCUT2D eigenvalue weighted by atomic mass is 9.89. The van der Waals surface area contributed by atoms with Gasteiger partial charge in [0.1, 0.15) is 5.76 Å². The van der Waals surface area contributed by atoms with Crippen molar-refractivity contribution in [2.45, 2.75) is 63.3 Å². The van der Waals surface area contributed by atoms with E-state index in [1.165, 1.54) is 6.42 Å². The predicted molar refractivity (Wildman–Crippen MR) is 75.7 cm³/mol. The molecule has 4 heteroatoms. The summed E-state index contributed by atoms with van der Waals surface area (Å²) in [5, 5.41) is 10.2. The molecule has 0 aromatic carbocycles. The van der Waals surface area contributed by atoms with Crippen LogP contribution >= 0.6 is 0 Å². The van der Waals surface area contributed by atoms with Crippen molar-refractivity contribution in [1.82, 2.24) is 4.90 Å². The van der Waals surface area contributed by atoms with E-state index < -0.39 is 0 Å². The highest BCUT2D eigenvalue weighted by Crippen LogP contribution is 2.31. The molecule has 19 heavy (non-hydrogen) atoms. The van der Waals surface area contributed by atoms with Gasteiger partial charge in [0.05, 0.1) is 18.4 Å². The summed E-state index contributed by atoms with van der Waals surface area (Å²) >= 11 is 0. The molecule has 3 N–H and O–H groups in total. The maximum atomic E-state index is 10.2. The maximum Gasteiger partial charge on any atom is 0.122 e. The van der Waals surface area contributed by atoms with Crippen molar-refractivity contribution in [2.75, 3.05) is 7.05 Å². The summed E-state index contributed by atoms with van der Waals surface area (Å²) < 4.78 is 5.56. The van der Waals surface area contributed by atoms with E-state index in [9.17, 15) is 5.11 Å². The third-order valence-corrected chi connectivity index (χ3v) is 4.37. The summed E-state index contributed by atoms with van der Waals surface area (Å²) in [5.74, 6) is 0.898. The second-order valence-electron chi connectivity index (χ2n) is 5.62. The van der Waals surface area contributed by atoms with Gasteiger partial charge in [0, 0.05) is 12.1 Å². The van der Waals surface area contributed by atoms with Crippen molar-refractivity contribution in [3.63, 3.8) is 0 Å². The lowest BCUT2D eigenvalue weighted by molar-refractivity contribution is 0.00180. The number of aliphatic hydroxyl groups is 1. The van der Waals surface area contributed by atoms with Gasteiger partial charge in [0.15, 0.2) is 0 Å². The Morgan fingerprint density at radius 3 is 2.79 bits per heavy atom. The van der Waals surface area contributed by atoms with Gasteiger partial charge in [-0.3, -0.25) is 4.90 Å². The fourth-order valence-corrected chi connectivity index (χ4v) is 3.17. The number of furan rings is 1. The number of hydrogen-bond donors (Lipinski definition) is 2. The second-order valence-corrected chi connectivity index (χ2v) is 5.62. The van der Waals surface area contributed by atoms with Crippen LogP contribution in [0.15, 0.2) is 22.8 Å². The Hall–Kier alpha value is -0.840. The predicted octanol–water partition coefficient (Wildman–Crippen LogP) is 2.29. The zero-order chi connectivity index (χ0) is 13.8. The Morgan fingerprint density at radius 1 is 1.47 bits per heavy atom. The first kappa shape index (κ1) is 14.6. The van der Waals surface area contributed by atoms with Gasteiger partial charge in [-0.05, 0) is 38.4 Å². The number of nitrogens with two attached hydrogens (primary N) is 1. The topological polar surface area (TPSA) is 62.6 Å². The average Bonchev–Trinajstić information content (AvgIpc) is 2.93. The summed E-state index contributed by atoms with van der Waals surface area (Å²) in [5.41, 5.74) is 6.28. The minimum absolute atomic E-state index is 0.0188. The molecule has 4 nitrogen and oxygen atoms in total. The Labute approximate surface area is 115 Å². The van der Waals surface area contributed by atoms with Crippen molar-refractivity contribution < 1.29 is 9.52 Å². The molecular formula is C15H26N2O2. The van der Waals surface area contributed by atoms with Crippen LogP contribution in [0, 0.1) is 0 Å². The average molecular weight is 266 g/mol. The third kappa shape index (κ3) is 3.19. The Balaban J connectivity index is 2.17. The van der Waals surface area contributed by atoms with Gasteiger partial charge >= 0.3 is 0 Å². The van der Waals surface area contributed by atoms with Gasteiger partial charge < -0.3 is 15.3 Å². The molecule has 0 amide bonds. The molecule has 1 aromatic heterocycles. The van der Waals surface area contributed by atoms with Gasteiger partial charge in [-0.1, -0.05) is 19.8 Å². The van der Waals surface area contributed by atoms with Gasteiger partial charge in [0.2, 0.25) is 0 Å². The van der Waals surface area contributed by atoms with E-state index >= 15 is 0 Å². The smallest absolute Gasteiger partial charge is 0.122 e. The van der Waals surface area contributed by atoms with Crippen LogP contribution in [0.4, 0.5) is 0 Å². The van der Waals surface area contributed by atoms with Crippen LogP contribution in [-0.2, 0) is 0 Å². The van der Waals surface area contributed by atoms with Gasteiger partial charge in [0.25, 0.3) is 0 Å². The normalized spacial score (nSPS) is 27.4. The van der Waals surface area contributed by atoms with E-state index in [1.807, 2.05) is 12.1 Å². The minimum Gasteiger partial charge on any atom is -0.468 e. The molecule has 0 spiro atoms. The van der Waals surface area contributed by atoms with Crippen LogP contribution in [0.1, 0.15) is 50.8 Å². The van der Waals surface area contributed by atoms with E-state index in [1.54, 1.807) is 6.26 Å². The molecule has 4 atom stereocenters. The molecule has 0 aliphatic heterocycles. The largest absolute Gasteiger partial charge is 0.468 e. The molecule has 2 rings (SSSR count). The van der Waals surface area contributed by atoms with Crippen molar-refractivity contribution >= 4 is 0 Å². The van der Waals surface area contributed by atoms with Crippen LogP contribution in [0.25, 0.3) is 0 Å². The zero-order valence-corrected chi connectivity index (χ0v) is 12.0. The summed E-state index contributed by atoms with van der Waals surface area (Å²) in [6.45, 7) is 2.09. The first-order valence-corrected chi connectivity index (χ1v) is 7.34. The fraction of sp³-hybridized carbons (Fsp3) is 0.733. The lowest BCUT2D eigenvalue weighted by Crippen LogP contribution is -2.49. The molecule has 4 unspecified atom stereocenters. The minimum atomic E-state index is -0.250. The fourth-order valence-electron chi connectivity index (χ4n) is 3.17. The molecular weight excluding hydrogens is 240 g/mol. The highest BCUT2D eigenvalue weighted by Gasteiger charge is 2.34. The summed E-state index contributed by atoms with van der Waals surface area (Å²) in [7, 11) is 2.06. The summed E-state index contributed by atoms with van der Waals surface area (Å²) in [6, 6.07) is 4.12. The Morgan fingerprint density at radius 2 is 2.21 bits per heavy atom. The van der Waals surface area contributed by atoms with Crippen molar-refractivity contribution in [3.05, 3.63) is 24.2 Å². The molecule has 1 aromatic rings. The van der Waals surface area contributed by atoms with Crippen LogP contribution in [0.5, 0.6) is 0 Å². The summed E-state index contributed by atoms with van der Waals surface area (Å²) in [6.07, 6.45) is 6.55. The molecule has 1 aliphatic rings. The number of aliphatic hydroxyl groups excluding tert-OH is 1. The number of hydrogen-bond acceptors (Lipinski definition) is 4. The maximum absolute atomic E-state index is 10.2. The molecule has 108 valence electrons. The lowest BCUT2D eigenvalue weighted by Gasteiger charge is -2.41. The molecule has 1 saturated carbocycles. The van der Waals surface area contributed by atoms with Crippen molar-refractivity contribution in [2.24, 2.45) is 5.73 Å². The SMILES string of the molecule is CCC(N)C(c1ccco1)N(C)C1CCCCC1O. The van der Waals surface area contributed by atoms with Gasteiger partial charge in [-0.25, -0.2) is 0 Å². The highest BCUT2D eigenvalue weighted by molar-refractivity contribution is 5.08. The Kier molecular flexibility index (Phi) is 5.02. The molecule has 0 bridgehead atoms. The quantitative estimate of drug-likeness (QED) is 0.858. The van der Waals surface area contributed by atoms with Crippen LogP contribution < -0.4 is 5.73 Å². The van der Waals surface area contributed by atoms with Crippen LogP contribution in [0.2, 0.25) is 0 Å². The molecule has 0 radical (unpaired) electrons. The van der Waals surface area contributed by atoms with Gasteiger partial charge in [-0.15, -0.1) is 0 Å². The molecule has 0 saturated heterocycles. The second kappa shape index (κ2) is 6.55. The standard InChI is InChI=1S/C15H26N2O2/c1-3-11(16)15(14-9-6-10-19-14)17(2)12-7-4-5-8-13(12)18/h6,9-13,15,18H,3-5,7-8,16H2,1-2H3. The first-order chi connectivity index (χ1) is 9.15. The summed E-state index contributed by atoms with van der Waals surface area (Å²) in [4.78, 5) is 2.22. The first-order valence-electron chi connectivity index (χ1n) is 7.34. The van der Waals surface area contributed by atoms with E-state index in [-0.39, 0.29) is 24.2 Å². The van der Waals surface area contributed by atoms with Crippen LogP contribution in [0.3, 0.4) is 0 Å². The van der Waals surface area contributed by atoms with E-state index in [2.05, 4.69) is 18.9 Å². The third-order valence-electron chi connectivity index (χ3n) is 4.37. The molecule has 1 heterocycles. The van der Waals surface area contributed by atoms with E-state index in [0.29, 0.717) is 0 Å². The van der Waals surface area contributed by atoms with Crippen molar-refractivity contribution in [1.29, 1.82) is 0 Å². The van der Waals surface area contributed by atoms with E-state index in [4.69, 9.17) is 10.2 Å². The van der Waals surface area contributed by atoms with Crippen LogP contribution in [-0.4, -0.2) is 35.2 Å². The highest BCUT2D eigenvalue weighted by atomic mass is 16.3. The number of rotatable bonds is 5. The zero-order valence-electron chi connectivity index (χ0n) is 12.0. The number of likely N-dealkylation sites (N-methyl/N-ethyl adjacent to an activating group) is 1. The molecule has 1 fully saturated rings.